The summed E-state index contributed by atoms with van der Waals surface area (Å²) in [4.78, 5) is 37.1. The number of carbonyl (C=O) groups is 3. The van der Waals surface area contributed by atoms with Crippen LogP contribution in [0.4, 0.5) is 11.4 Å². The van der Waals surface area contributed by atoms with E-state index in [2.05, 4.69) is 10.6 Å². The molecule has 0 aliphatic carbocycles. The molecule has 2 aromatic carbocycles. The Morgan fingerprint density at radius 3 is 1.93 bits per heavy atom. The van der Waals surface area contributed by atoms with Crippen LogP contribution in [0.15, 0.2) is 54.6 Å². The SMILES string of the molecule is CCN(CC)C(=O)c1ccc(NC(=O)/C=C/c2ccc(NC(C)=O)cc2)cc1. The Kier molecular flexibility index (Phi) is 7.51. The molecule has 146 valence electrons. The fraction of sp³-hybridized carbons (Fsp3) is 0.227. The number of hydrogen-bond acceptors (Lipinski definition) is 3. The second-order valence-electron chi connectivity index (χ2n) is 6.18. The van der Waals surface area contributed by atoms with Crippen molar-refractivity contribution in [1.82, 2.24) is 4.90 Å². The number of rotatable bonds is 7. The first-order valence-electron chi connectivity index (χ1n) is 9.19. The third kappa shape index (κ3) is 6.09. The molecule has 3 amide bonds. The summed E-state index contributed by atoms with van der Waals surface area (Å²) in [5.74, 6) is -0.424. The van der Waals surface area contributed by atoms with Gasteiger partial charge < -0.3 is 15.5 Å². The number of benzene rings is 2. The molecule has 0 fully saturated rings. The maximum atomic E-state index is 12.3. The van der Waals surface area contributed by atoms with E-state index in [4.69, 9.17) is 0 Å². The van der Waals surface area contributed by atoms with E-state index in [-0.39, 0.29) is 17.7 Å². The normalized spacial score (nSPS) is 10.5. The van der Waals surface area contributed by atoms with Gasteiger partial charge in [-0.25, -0.2) is 0 Å². The molecule has 6 heteroatoms. The van der Waals surface area contributed by atoms with Crippen LogP contribution in [-0.2, 0) is 9.59 Å². The van der Waals surface area contributed by atoms with Crippen LogP contribution >= 0.6 is 0 Å². The zero-order chi connectivity index (χ0) is 20.5. The van der Waals surface area contributed by atoms with E-state index in [1.165, 1.54) is 13.0 Å². The summed E-state index contributed by atoms with van der Waals surface area (Å²) in [5.41, 5.74) is 2.75. The first kappa shape index (κ1) is 20.9. The molecule has 0 saturated carbocycles. The van der Waals surface area contributed by atoms with Crippen molar-refractivity contribution >= 4 is 35.2 Å². The summed E-state index contributed by atoms with van der Waals surface area (Å²) in [6.07, 6.45) is 3.12. The number of carbonyl (C=O) groups excluding carboxylic acids is 3. The average molecular weight is 379 g/mol. The van der Waals surface area contributed by atoms with Gasteiger partial charge in [0, 0.05) is 43.0 Å². The fourth-order valence-electron chi connectivity index (χ4n) is 2.63. The predicted octanol–water partition coefficient (Wildman–Crippen LogP) is 3.78. The van der Waals surface area contributed by atoms with Gasteiger partial charge in [-0.05, 0) is 61.9 Å². The summed E-state index contributed by atoms with van der Waals surface area (Å²) in [6, 6.07) is 14.0. The minimum Gasteiger partial charge on any atom is -0.339 e. The molecule has 0 saturated heterocycles. The van der Waals surface area contributed by atoms with Crippen molar-refractivity contribution in [1.29, 1.82) is 0 Å². The number of hydrogen-bond donors (Lipinski definition) is 2. The Bertz CT molecular complexity index is 852. The minimum atomic E-state index is -0.270. The lowest BCUT2D eigenvalue weighted by Crippen LogP contribution is -2.30. The molecular formula is C22H25N3O3. The van der Waals surface area contributed by atoms with E-state index >= 15 is 0 Å². The Hall–Kier alpha value is -3.41. The summed E-state index contributed by atoms with van der Waals surface area (Å²) in [7, 11) is 0. The molecule has 0 atom stereocenters. The van der Waals surface area contributed by atoms with E-state index in [9.17, 15) is 14.4 Å². The summed E-state index contributed by atoms with van der Waals surface area (Å²) >= 11 is 0. The Labute approximate surface area is 165 Å². The molecule has 0 aliphatic rings. The van der Waals surface area contributed by atoms with Gasteiger partial charge in [-0.1, -0.05) is 12.1 Å². The van der Waals surface area contributed by atoms with Gasteiger partial charge >= 0.3 is 0 Å². The standard InChI is InChI=1S/C22H25N3O3/c1-4-25(5-2)22(28)18-9-13-20(14-10-18)24-21(27)15-8-17-6-11-19(12-7-17)23-16(3)26/h6-15H,4-5H2,1-3H3,(H,23,26)(H,24,27)/b15-8+. The van der Waals surface area contributed by atoms with E-state index in [0.717, 1.165) is 5.56 Å². The largest absolute Gasteiger partial charge is 0.339 e. The molecule has 2 aromatic rings. The molecule has 0 aromatic heterocycles. The van der Waals surface area contributed by atoms with E-state index in [0.29, 0.717) is 30.0 Å². The first-order valence-corrected chi connectivity index (χ1v) is 9.19. The van der Waals surface area contributed by atoms with Gasteiger partial charge in [0.15, 0.2) is 0 Å². The lowest BCUT2D eigenvalue weighted by atomic mass is 10.1. The van der Waals surface area contributed by atoms with Crippen LogP contribution in [0.5, 0.6) is 0 Å². The van der Waals surface area contributed by atoms with Crippen molar-refractivity contribution in [2.24, 2.45) is 0 Å². The second-order valence-corrected chi connectivity index (χ2v) is 6.18. The molecule has 0 radical (unpaired) electrons. The molecule has 2 N–H and O–H groups in total. The van der Waals surface area contributed by atoms with Crippen molar-refractivity contribution in [2.75, 3.05) is 23.7 Å². The molecule has 0 bridgehead atoms. The van der Waals surface area contributed by atoms with E-state index < -0.39 is 0 Å². The molecule has 2 rings (SSSR count). The van der Waals surface area contributed by atoms with E-state index in [1.54, 1.807) is 47.4 Å². The molecular weight excluding hydrogens is 354 g/mol. The van der Waals surface area contributed by atoms with Crippen LogP contribution in [0.25, 0.3) is 6.08 Å². The monoisotopic (exact) mass is 379 g/mol. The van der Waals surface area contributed by atoms with Crippen molar-refractivity contribution in [3.63, 3.8) is 0 Å². The number of nitrogens with zero attached hydrogens (tertiary/aromatic N) is 1. The number of amides is 3. The Morgan fingerprint density at radius 1 is 0.857 bits per heavy atom. The van der Waals surface area contributed by atoms with Crippen LogP contribution < -0.4 is 10.6 Å². The lowest BCUT2D eigenvalue weighted by Gasteiger charge is -2.18. The molecule has 6 nitrogen and oxygen atoms in total. The van der Waals surface area contributed by atoms with Gasteiger partial charge in [-0.2, -0.15) is 0 Å². The van der Waals surface area contributed by atoms with Crippen LogP contribution in [-0.4, -0.2) is 35.7 Å². The van der Waals surface area contributed by atoms with Gasteiger partial charge in [0.1, 0.15) is 0 Å². The maximum Gasteiger partial charge on any atom is 0.253 e. The van der Waals surface area contributed by atoms with Crippen LogP contribution in [0.3, 0.4) is 0 Å². The fourth-order valence-corrected chi connectivity index (χ4v) is 2.63. The predicted molar refractivity (Wildman–Crippen MR) is 112 cm³/mol. The number of nitrogens with one attached hydrogen (secondary N) is 2. The van der Waals surface area contributed by atoms with Crippen LogP contribution in [0.1, 0.15) is 36.7 Å². The highest BCUT2D eigenvalue weighted by molar-refractivity contribution is 6.02. The average Bonchev–Trinajstić information content (AvgIpc) is 2.68. The lowest BCUT2D eigenvalue weighted by molar-refractivity contribution is -0.114. The van der Waals surface area contributed by atoms with Gasteiger partial charge in [0.05, 0.1) is 0 Å². The van der Waals surface area contributed by atoms with Crippen molar-refractivity contribution in [3.05, 3.63) is 65.7 Å². The summed E-state index contributed by atoms with van der Waals surface area (Å²) in [6.45, 7) is 6.64. The van der Waals surface area contributed by atoms with Crippen molar-refractivity contribution in [2.45, 2.75) is 20.8 Å². The molecule has 28 heavy (non-hydrogen) atoms. The van der Waals surface area contributed by atoms with Gasteiger partial charge in [0.25, 0.3) is 5.91 Å². The highest BCUT2D eigenvalue weighted by Gasteiger charge is 2.12. The number of anilines is 2. The Morgan fingerprint density at radius 2 is 1.39 bits per heavy atom. The topological polar surface area (TPSA) is 78.5 Å². The third-order valence-corrected chi connectivity index (χ3v) is 4.11. The zero-order valence-corrected chi connectivity index (χ0v) is 16.4. The quantitative estimate of drug-likeness (QED) is 0.719. The van der Waals surface area contributed by atoms with Gasteiger partial charge in [-0.3, -0.25) is 14.4 Å². The molecule has 0 unspecified atom stereocenters. The Balaban J connectivity index is 1.94. The van der Waals surface area contributed by atoms with Gasteiger partial charge in [-0.15, -0.1) is 0 Å². The summed E-state index contributed by atoms with van der Waals surface area (Å²) in [5, 5.41) is 5.45. The minimum absolute atomic E-state index is 0.0227. The summed E-state index contributed by atoms with van der Waals surface area (Å²) < 4.78 is 0. The van der Waals surface area contributed by atoms with Crippen molar-refractivity contribution < 1.29 is 14.4 Å². The molecule has 0 spiro atoms. The maximum absolute atomic E-state index is 12.3. The smallest absolute Gasteiger partial charge is 0.253 e. The third-order valence-electron chi connectivity index (χ3n) is 4.11. The van der Waals surface area contributed by atoms with Crippen LogP contribution in [0.2, 0.25) is 0 Å². The van der Waals surface area contributed by atoms with E-state index in [1.807, 2.05) is 26.0 Å². The molecule has 0 heterocycles. The van der Waals surface area contributed by atoms with Crippen LogP contribution in [0, 0.1) is 0 Å². The van der Waals surface area contributed by atoms with Crippen molar-refractivity contribution in [3.8, 4) is 0 Å². The zero-order valence-electron chi connectivity index (χ0n) is 16.4. The van der Waals surface area contributed by atoms with Gasteiger partial charge in [0.2, 0.25) is 11.8 Å². The second kappa shape index (κ2) is 10.1. The first-order chi connectivity index (χ1) is 13.4. The molecule has 0 aliphatic heterocycles. The highest BCUT2D eigenvalue weighted by Crippen LogP contribution is 2.13. The highest BCUT2D eigenvalue weighted by atomic mass is 16.2.